The van der Waals surface area contributed by atoms with Gasteiger partial charge < -0.3 is 39.8 Å². The maximum Gasteiger partial charge on any atom is 0.428 e. The van der Waals surface area contributed by atoms with Gasteiger partial charge in [0.05, 0.1) is 47.6 Å². The number of pyridine rings is 1. The van der Waals surface area contributed by atoms with Crippen LogP contribution in [-0.4, -0.2) is 120 Å². The maximum atomic E-state index is 15.2. The zero-order valence-corrected chi connectivity index (χ0v) is 41.6. The number of para-hydroxylation sites is 1. The molecule has 5 aliphatic rings. The van der Waals surface area contributed by atoms with Gasteiger partial charge in [-0.3, -0.25) is 34.3 Å². The normalized spacial score (nSPS) is 20.9. The SMILES string of the molecule is N#Cc1cccc2[nH]c(-c3ccccc3OC3(C(F)(F)F)CCN(C(=O)[C@H]4CCC(=O)Nc5ccc(OCCNC(=O)C6CCN(CC7CCN(c8cncc(C9CCC(=O)NC9=O)c8)CC7)CC6)cc54)CC3)cc12. The molecule has 5 amide bonds. The van der Waals surface area contributed by atoms with Gasteiger partial charge in [-0.15, -0.1) is 0 Å². The number of likely N-dealkylation sites (tertiary alicyclic amines) is 2. The second-order valence-electron chi connectivity index (χ2n) is 20.5. The quantitative estimate of drug-likeness (QED) is 0.0670. The van der Waals surface area contributed by atoms with Gasteiger partial charge in [-0.25, -0.2) is 0 Å². The van der Waals surface area contributed by atoms with E-state index in [4.69, 9.17) is 9.47 Å². The first-order chi connectivity index (χ1) is 36.2. The Hall–Kier alpha value is -7.46. The van der Waals surface area contributed by atoms with E-state index in [0.29, 0.717) is 63.5 Å². The molecule has 5 aliphatic heterocycles. The molecule has 4 N–H and O–H groups in total. The van der Waals surface area contributed by atoms with Crippen LogP contribution in [0.1, 0.15) is 92.7 Å². The number of alkyl halides is 3. The molecule has 7 heterocycles. The van der Waals surface area contributed by atoms with Crippen LogP contribution in [-0.2, 0) is 24.0 Å². The number of nitriles is 1. The number of piperidine rings is 4. The van der Waals surface area contributed by atoms with Gasteiger partial charge in [-0.2, -0.15) is 18.4 Å². The molecule has 0 saturated carbocycles. The number of ether oxygens (including phenoxy) is 2. The van der Waals surface area contributed by atoms with Crippen molar-refractivity contribution in [3.63, 3.8) is 0 Å². The summed E-state index contributed by atoms with van der Waals surface area (Å²) in [6.07, 6.45) is 2.31. The monoisotopic (exact) mass is 1030 g/mol. The van der Waals surface area contributed by atoms with E-state index in [1.54, 1.807) is 66.9 Å². The van der Waals surface area contributed by atoms with Crippen LogP contribution in [0.2, 0.25) is 0 Å². The molecule has 3 aromatic carbocycles. The molecule has 1 unspecified atom stereocenters. The number of nitrogens with one attached hydrogen (secondary N) is 4. The third-order valence-corrected chi connectivity index (χ3v) is 15.8. The number of benzene rings is 3. The van der Waals surface area contributed by atoms with Crippen molar-refractivity contribution in [2.75, 3.05) is 69.2 Å². The lowest BCUT2D eigenvalue weighted by Gasteiger charge is -2.43. The molecule has 392 valence electrons. The molecular formula is C56H60F3N9O7. The number of carbonyl (C=O) groups is 5. The van der Waals surface area contributed by atoms with E-state index in [2.05, 4.69) is 41.8 Å². The Morgan fingerprint density at radius 3 is 2.36 bits per heavy atom. The number of hydrogen-bond acceptors (Lipinski definition) is 11. The molecule has 0 aliphatic carbocycles. The van der Waals surface area contributed by atoms with Gasteiger partial charge in [0, 0.05) is 92.7 Å². The summed E-state index contributed by atoms with van der Waals surface area (Å²) in [5, 5.41) is 18.6. The molecule has 4 fully saturated rings. The number of fused-ring (bicyclic) bond motifs is 2. The van der Waals surface area contributed by atoms with Gasteiger partial charge in [0.15, 0.2) is 0 Å². The van der Waals surface area contributed by atoms with Crippen LogP contribution in [0, 0.1) is 23.2 Å². The summed E-state index contributed by atoms with van der Waals surface area (Å²) in [6, 6.07) is 22.6. The number of imide groups is 1. The van der Waals surface area contributed by atoms with Crippen LogP contribution in [0.3, 0.4) is 0 Å². The summed E-state index contributed by atoms with van der Waals surface area (Å²) >= 11 is 0. The predicted molar refractivity (Wildman–Crippen MR) is 273 cm³/mol. The third kappa shape index (κ3) is 11.2. The molecule has 4 saturated heterocycles. The fourth-order valence-electron chi connectivity index (χ4n) is 11.5. The highest BCUT2D eigenvalue weighted by Crippen LogP contribution is 2.46. The van der Waals surface area contributed by atoms with E-state index in [1.807, 2.05) is 12.3 Å². The summed E-state index contributed by atoms with van der Waals surface area (Å²) in [6.45, 7) is 4.36. The van der Waals surface area contributed by atoms with Crippen LogP contribution < -0.4 is 30.3 Å². The van der Waals surface area contributed by atoms with Crippen molar-refractivity contribution in [2.45, 2.75) is 87.8 Å². The molecular weight excluding hydrogens is 968 g/mol. The molecule has 0 radical (unpaired) electrons. The standard InChI is InChI=1S/C56H60F3N9O7/c57-56(58,59)55(75-49-7-2-1-5-43(49)48-30-44-37(31-60)4-3-6-46(44)63-48)18-25-68(26-19-55)54(73)42-10-13-50(69)64-47-11-8-40(29-45(42)47)74-27-20-62-52(71)36-16-21-66(22-17-36)34-35-14-23-67(24-15-35)39-28-38(32-61-33-39)41-9-12-51(70)65-53(41)72/h1-8,11,28-30,32-33,35-36,41-42,63H,9-10,12-27,34H2,(H,62,71)(H,64,69)(H,65,70,72)/t41?,42-/m0/s1. The minimum atomic E-state index is -4.78. The zero-order chi connectivity index (χ0) is 52.3. The highest BCUT2D eigenvalue weighted by molar-refractivity contribution is 6.01. The Bertz CT molecular complexity index is 3000. The smallest absolute Gasteiger partial charge is 0.428 e. The second kappa shape index (κ2) is 21.8. The number of nitrogens with zero attached hydrogens (tertiary/aromatic N) is 5. The van der Waals surface area contributed by atoms with Gasteiger partial charge in [0.2, 0.25) is 35.1 Å². The average Bonchev–Trinajstić information content (AvgIpc) is 3.78. The minimum Gasteiger partial charge on any atom is -0.492 e. The second-order valence-corrected chi connectivity index (χ2v) is 20.5. The van der Waals surface area contributed by atoms with Crippen molar-refractivity contribution in [2.24, 2.45) is 11.8 Å². The van der Waals surface area contributed by atoms with Crippen molar-refractivity contribution < 1.29 is 46.6 Å². The van der Waals surface area contributed by atoms with Gasteiger partial charge >= 0.3 is 6.18 Å². The Balaban J connectivity index is 0.691. The first kappa shape index (κ1) is 51.0. The molecule has 19 heteroatoms. The molecule has 0 bridgehead atoms. The van der Waals surface area contributed by atoms with Crippen LogP contribution in [0.25, 0.3) is 22.2 Å². The average molecular weight is 1030 g/mol. The highest BCUT2D eigenvalue weighted by Gasteiger charge is 2.59. The number of carbonyl (C=O) groups excluding carboxylic acids is 5. The van der Waals surface area contributed by atoms with E-state index >= 15 is 13.2 Å². The fourth-order valence-corrected chi connectivity index (χ4v) is 11.5. The lowest BCUT2D eigenvalue weighted by atomic mass is 9.87. The number of rotatable bonds is 13. The van der Waals surface area contributed by atoms with Gasteiger partial charge in [-0.1, -0.05) is 18.2 Å². The molecule has 2 aromatic heterocycles. The number of amides is 5. The topological polar surface area (TPSA) is 202 Å². The van der Waals surface area contributed by atoms with Crippen LogP contribution >= 0.6 is 0 Å². The molecule has 16 nitrogen and oxygen atoms in total. The molecule has 75 heavy (non-hydrogen) atoms. The maximum absolute atomic E-state index is 15.2. The van der Waals surface area contributed by atoms with Crippen molar-refractivity contribution >= 4 is 51.8 Å². The summed E-state index contributed by atoms with van der Waals surface area (Å²) in [4.78, 5) is 78.3. The Labute approximate surface area is 432 Å². The molecule has 2 atom stereocenters. The van der Waals surface area contributed by atoms with E-state index < -0.39 is 30.5 Å². The summed E-state index contributed by atoms with van der Waals surface area (Å²) in [7, 11) is 0. The highest BCUT2D eigenvalue weighted by atomic mass is 19.4. The van der Waals surface area contributed by atoms with Gasteiger partial charge in [0.1, 0.15) is 18.1 Å². The Morgan fingerprint density at radius 1 is 0.840 bits per heavy atom. The van der Waals surface area contributed by atoms with Crippen molar-refractivity contribution in [3.05, 3.63) is 102 Å². The summed E-state index contributed by atoms with van der Waals surface area (Å²) < 4.78 is 57.7. The summed E-state index contributed by atoms with van der Waals surface area (Å²) in [5.41, 5.74) is 2.17. The number of aromatic amines is 1. The lowest BCUT2D eigenvalue weighted by molar-refractivity contribution is -0.260. The number of H-pyrrole nitrogens is 1. The molecule has 5 aromatic rings. The lowest BCUT2D eigenvalue weighted by Crippen LogP contribution is -2.58. The first-order valence-electron chi connectivity index (χ1n) is 26.0. The van der Waals surface area contributed by atoms with Crippen LogP contribution in [0.5, 0.6) is 11.5 Å². The largest absolute Gasteiger partial charge is 0.492 e. The van der Waals surface area contributed by atoms with Crippen molar-refractivity contribution in [1.29, 1.82) is 5.26 Å². The number of hydrogen-bond donors (Lipinski definition) is 4. The van der Waals surface area contributed by atoms with Crippen molar-refractivity contribution in [3.8, 4) is 28.8 Å². The third-order valence-electron chi connectivity index (χ3n) is 15.8. The number of halogens is 3. The van der Waals surface area contributed by atoms with Crippen LogP contribution in [0.4, 0.5) is 24.5 Å². The predicted octanol–water partition coefficient (Wildman–Crippen LogP) is 7.56. The van der Waals surface area contributed by atoms with Gasteiger partial charge in [0.25, 0.3) is 0 Å². The first-order valence-corrected chi connectivity index (χ1v) is 26.0. The number of aromatic nitrogens is 2. The Kier molecular flexibility index (Phi) is 14.8. The molecule has 10 rings (SSSR count). The summed E-state index contributed by atoms with van der Waals surface area (Å²) in [5.74, 6) is -1.51. The van der Waals surface area contributed by atoms with E-state index in [0.717, 1.165) is 69.7 Å². The van der Waals surface area contributed by atoms with Crippen LogP contribution in [0.15, 0.2) is 85.2 Å². The number of anilines is 2. The molecule has 0 spiro atoms. The zero-order valence-electron chi connectivity index (χ0n) is 41.6. The van der Waals surface area contributed by atoms with E-state index in [-0.39, 0.29) is 86.2 Å². The van der Waals surface area contributed by atoms with E-state index in [1.165, 1.54) is 11.0 Å². The Morgan fingerprint density at radius 2 is 1.60 bits per heavy atom. The fraction of sp³-hybridized carbons (Fsp3) is 0.446. The van der Waals surface area contributed by atoms with Gasteiger partial charge in [-0.05, 0) is 123 Å². The van der Waals surface area contributed by atoms with Crippen molar-refractivity contribution in [1.82, 2.24) is 30.4 Å². The van der Waals surface area contributed by atoms with E-state index in [9.17, 15) is 29.2 Å². The minimum absolute atomic E-state index is 0.0175.